The smallest absolute Gasteiger partial charge is 0.320 e. The number of nitrogens with one attached hydrogen (secondary N) is 1. The third-order valence-corrected chi connectivity index (χ3v) is 7.84. The Labute approximate surface area is 208 Å². The van der Waals surface area contributed by atoms with Gasteiger partial charge in [0.1, 0.15) is 17.4 Å². The zero-order valence-corrected chi connectivity index (χ0v) is 20.7. The van der Waals surface area contributed by atoms with E-state index in [0.717, 1.165) is 27.4 Å². The predicted octanol–water partition coefficient (Wildman–Crippen LogP) is 4.79. The number of hydrogen-bond donors (Lipinski definition) is 3. The van der Waals surface area contributed by atoms with Crippen LogP contribution < -0.4 is 10.5 Å². The van der Waals surface area contributed by atoms with Crippen molar-refractivity contribution < 1.29 is 23.1 Å². The van der Waals surface area contributed by atoms with E-state index in [1.54, 1.807) is 31.3 Å². The lowest BCUT2D eigenvalue weighted by molar-refractivity contribution is -0.138. The van der Waals surface area contributed by atoms with Crippen LogP contribution in [0.15, 0.2) is 53.6 Å². The van der Waals surface area contributed by atoms with Gasteiger partial charge < -0.3 is 20.6 Å². The number of hydrogen-bond acceptors (Lipinski definition) is 6. The Hall–Kier alpha value is -3.14. The number of sulfone groups is 1. The van der Waals surface area contributed by atoms with E-state index in [4.69, 9.17) is 27.2 Å². The van der Waals surface area contributed by atoms with Crippen molar-refractivity contribution in [2.24, 2.45) is 5.73 Å². The number of fused-ring (bicyclic) bond motifs is 3. The molecule has 0 saturated heterocycles. The number of aromatic amines is 1. The monoisotopic (exact) mass is 515 g/mol. The van der Waals surface area contributed by atoms with Gasteiger partial charge in [-0.05, 0) is 60.7 Å². The molecule has 0 aliphatic carbocycles. The number of nitrogens with two attached hydrogens (primary N) is 1. The minimum absolute atomic E-state index is 0.0165. The number of rotatable bonds is 10. The van der Waals surface area contributed by atoms with Crippen molar-refractivity contribution in [2.45, 2.75) is 37.1 Å². The van der Waals surface area contributed by atoms with E-state index in [0.29, 0.717) is 42.3 Å². The van der Waals surface area contributed by atoms with E-state index in [1.807, 2.05) is 24.3 Å². The second-order valence-corrected chi connectivity index (χ2v) is 11.0. The van der Waals surface area contributed by atoms with Crippen LogP contribution >= 0.6 is 11.6 Å². The summed E-state index contributed by atoms with van der Waals surface area (Å²) in [6.45, 7) is 2.00. The molecule has 1 atom stereocenters. The number of carboxylic acids is 1. The van der Waals surface area contributed by atoms with Crippen molar-refractivity contribution >= 4 is 49.3 Å². The molecule has 0 unspecified atom stereocenters. The van der Waals surface area contributed by atoms with Gasteiger partial charge in [-0.25, -0.2) is 13.4 Å². The highest BCUT2D eigenvalue weighted by molar-refractivity contribution is 7.91. The average Bonchev–Trinajstić information content (AvgIpc) is 3.22. The van der Waals surface area contributed by atoms with Crippen LogP contribution in [0.1, 0.15) is 26.2 Å². The first kappa shape index (κ1) is 25.0. The van der Waals surface area contributed by atoms with Crippen LogP contribution in [0.3, 0.4) is 0 Å². The Morgan fingerprint density at radius 2 is 2.03 bits per heavy atom. The summed E-state index contributed by atoms with van der Waals surface area (Å²) in [6, 6.07) is 11.5. The minimum Gasteiger partial charge on any atom is -0.491 e. The Balaban J connectivity index is 1.73. The summed E-state index contributed by atoms with van der Waals surface area (Å²) in [6.07, 6.45) is 3.20. The molecule has 0 amide bonds. The molecule has 0 aliphatic rings. The Bertz CT molecular complexity index is 1500. The number of nitrogens with zero attached hydrogens (tertiary/aromatic N) is 1. The van der Waals surface area contributed by atoms with Crippen molar-refractivity contribution in [3.05, 3.63) is 53.7 Å². The average molecular weight is 516 g/mol. The number of carbonyl (C=O) groups is 1. The molecular formula is C25H26ClN3O5S. The number of pyridine rings is 1. The minimum atomic E-state index is -3.37. The number of benzene rings is 2. The molecule has 2 aromatic carbocycles. The van der Waals surface area contributed by atoms with Gasteiger partial charge >= 0.3 is 5.97 Å². The number of unbranched alkanes of at least 4 members (excludes halogenated alkanes) is 1. The van der Waals surface area contributed by atoms with Crippen LogP contribution in [0.2, 0.25) is 5.02 Å². The van der Waals surface area contributed by atoms with Gasteiger partial charge in [0.2, 0.25) is 0 Å². The van der Waals surface area contributed by atoms with Crippen LogP contribution in [-0.4, -0.2) is 47.9 Å². The van der Waals surface area contributed by atoms with Crippen LogP contribution in [-0.2, 0) is 14.6 Å². The van der Waals surface area contributed by atoms with E-state index >= 15 is 0 Å². The number of H-pyrrole nitrogens is 1. The molecule has 0 bridgehead atoms. The standard InChI is InChI=1S/C25H26ClN3O5S/c1-2-35(32,33)17-7-5-6-15(12-17)18-9-10-21(34-11-4-3-8-20(27)25(30)31)23-22(18)19-13-16(26)14-28-24(19)29-23/h5-7,9-10,12-14,20H,2-4,8,11,27H2,1H3,(H,28,29)(H,30,31)/t20-/m0/s1. The first-order chi connectivity index (χ1) is 16.7. The molecule has 0 fully saturated rings. The fourth-order valence-corrected chi connectivity index (χ4v) is 5.08. The van der Waals surface area contributed by atoms with E-state index < -0.39 is 21.8 Å². The first-order valence-electron chi connectivity index (χ1n) is 11.3. The van der Waals surface area contributed by atoms with Crippen molar-refractivity contribution in [3.8, 4) is 16.9 Å². The topological polar surface area (TPSA) is 135 Å². The molecule has 0 radical (unpaired) electrons. The summed E-state index contributed by atoms with van der Waals surface area (Å²) in [5.41, 5.74) is 8.48. The molecule has 8 nitrogen and oxygen atoms in total. The summed E-state index contributed by atoms with van der Waals surface area (Å²) in [5, 5.41) is 11.0. The Morgan fingerprint density at radius 1 is 1.23 bits per heavy atom. The highest BCUT2D eigenvalue weighted by Crippen LogP contribution is 2.40. The van der Waals surface area contributed by atoms with Gasteiger partial charge in [-0.1, -0.05) is 30.7 Å². The third-order valence-electron chi connectivity index (χ3n) is 5.90. The second-order valence-electron chi connectivity index (χ2n) is 8.26. The van der Waals surface area contributed by atoms with Crippen LogP contribution in [0.25, 0.3) is 33.1 Å². The van der Waals surface area contributed by atoms with Crippen LogP contribution in [0, 0.1) is 0 Å². The van der Waals surface area contributed by atoms with E-state index in [9.17, 15) is 13.2 Å². The van der Waals surface area contributed by atoms with Gasteiger partial charge in [0.15, 0.2) is 9.84 Å². The lowest BCUT2D eigenvalue weighted by Crippen LogP contribution is -2.29. The molecule has 0 aliphatic heterocycles. The zero-order valence-electron chi connectivity index (χ0n) is 19.1. The summed E-state index contributed by atoms with van der Waals surface area (Å²) < 4.78 is 31.0. The maximum atomic E-state index is 12.5. The summed E-state index contributed by atoms with van der Waals surface area (Å²) in [5.74, 6) is -0.385. The summed E-state index contributed by atoms with van der Waals surface area (Å²) in [4.78, 5) is 18.8. The molecule has 4 rings (SSSR count). The van der Waals surface area contributed by atoms with Crippen LogP contribution in [0.4, 0.5) is 0 Å². The normalized spacial score (nSPS) is 12.8. The lowest BCUT2D eigenvalue weighted by Gasteiger charge is -2.12. The van der Waals surface area contributed by atoms with Gasteiger partial charge in [0.25, 0.3) is 0 Å². The number of carboxylic acid groups (broad SMARTS) is 1. The molecule has 2 heterocycles. The van der Waals surface area contributed by atoms with Crippen molar-refractivity contribution in [1.82, 2.24) is 9.97 Å². The molecular weight excluding hydrogens is 490 g/mol. The fraction of sp³-hybridized carbons (Fsp3) is 0.280. The summed E-state index contributed by atoms with van der Waals surface area (Å²) >= 11 is 6.25. The van der Waals surface area contributed by atoms with Gasteiger partial charge in [0, 0.05) is 17.0 Å². The maximum Gasteiger partial charge on any atom is 0.320 e. The SMILES string of the molecule is CCS(=O)(=O)c1cccc(-c2ccc(OCCCC[C@H](N)C(=O)O)c3[nH]c4ncc(Cl)cc4c23)c1. The largest absolute Gasteiger partial charge is 0.491 e. The molecule has 184 valence electrons. The lowest BCUT2D eigenvalue weighted by atomic mass is 9.99. The van der Waals surface area contributed by atoms with Gasteiger partial charge in [-0.15, -0.1) is 0 Å². The molecule has 2 aromatic heterocycles. The van der Waals surface area contributed by atoms with Gasteiger partial charge in [0.05, 0.1) is 27.8 Å². The van der Waals surface area contributed by atoms with E-state index in [-0.39, 0.29) is 10.6 Å². The number of halogens is 1. The molecule has 0 saturated carbocycles. The quantitative estimate of drug-likeness (QED) is 0.258. The van der Waals surface area contributed by atoms with Crippen molar-refractivity contribution in [1.29, 1.82) is 0 Å². The third kappa shape index (κ3) is 5.27. The zero-order chi connectivity index (χ0) is 25.2. The molecule has 4 aromatic rings. The molecule has 10 heteroatoms. The first-order valence-corrected chi connectivity index (χ1v) is 13.3. The van der Waals surface area contributed by atoms with E-state index in [2.05, 4.69) is 9.97 Å². The highest BCUT2D eigenvalue weighted by atomic mass is 35.5. The Morgan fingerprint density at radius 3 is 2.77 bits per heavy atom. The second kappa shape index (κ2) is 10.2. The fourth-order valence-electron chi connectivity index (χ4n) is 3.99. The highest BCUT2D eigenvalue weighted by Gasteiger charge is 2.18. The van der Waals surface area contributed by atoms with Crippen molar-refractivity contribution in [2.75, 3.05) is 12.4 Å². The number of aliphatic carboxylic acids is 1. The predicted molar refractivity (Wildman–Crippen MR) is 137 cm³/mol. The van der Waals surface area contributed by atoms with E-state index in [1.165, 1.54) is 0 Å². The van der Waals surface area contributed by atoms with Crippen LogP contribution in [0.5, 0.6) is 5.75 Å². The number of ether oxygens (including phenoxy) is 1. The van der Waals surface area contributed by atoms with Crippen molar-refractivity contribution in [3.63, 3.8) is 0 Å². The molecule has 0 spiro atoms. The number of aromatic nitrogens is 2. The van der Waals surface area contributed by atoms with Gasteiger partial charge in [-0.3, -0.25) is 4.79 Å². The van der Waals surface area contributed by atoms with Gasteiger partial charge in [-0.2, -0.15) is 0 Å². The Kier molecular flexibility index (Phi) is 7.30. The summed E-state index contributed by atoms with van der Waals surface area (Å²) in [7, 11) is -3.37. The maximum absolute atomic E-state index is 12.5. The molecule has 35 heavy (non-hydrogen) atoms. The molecule has 4 N–H and O–H groups in total.